The number of nitrogens with one attached hydrogen (secondary N) is 1. The van der Waals surface area contributed by atoms with E-state index in [1.165, 1.54) is 0 Å². The molecule has 4 rings (SSSR count). The molecule has 0 amide bonds. The summed E-state index contributed by atoms with van der Waals surface area (Å²) in [6.45, 7) is 3.64. The number of phenolic OH excluding ortho intramolecular Hbond substituents is 2. The molecular formula is C29H33ClN4O2. The SMILES string of the molecule is CN(CCCNC(c1ccc(O)cc1)c1ccc(O)cc1)CCN(C)c1ccnc2cc(Cl)ccc12. The van der Waals surface area contributed by atoms with Gasteiger partial charge in [0.15, 0.2) is 0 Å². The van der Waals surface area contributed by atoms with Gasteiger partial charge in [0.25, 0.3) is 0 Å². The minimum Gasteiger partial charge on any atom is -0.508 e. The van der Waals surface area contributed by atoms with Crippen molar-refractivity contribution in [2.24, 2.45) is 0 Å². The average Bonchev–Trinajstić information content (AvgIpc) is 2.88. The van der Waals surface area contributed by atoms with Crippen LogP contribution in [0.1, 0.15) is 23.6 Å². The summed E-state index contributed by atoms with van der Waals surface area (Å²) >= 11 is 6.13. The number of anilines is 1. The van der Waals surface area contributed by atoms with Crippen molar-refractivity contribution >= 4 is 28.2 Å². The number of benzene rings is 3. The van der Waals surface area contributed by atoms with Crippen molar-refractivity contribution in [2.45, 2.75) is 12.5 Å². The number of aromatic hydroxyl groups is 2. The van der Waals surface area contributed by atoms with Gasteiger partial charge in [0, 0.05) is 42.4 Å². The Labute approximate surface area is 217 Å². The van der Waals surface area contributed by atoms with Crippen LogP contribution in [0.15, 0.2) is 79.0 Å². The lowest BCUT2D eigenvalue weighted by Crippen LogP contribution is -2.33. The van der Waals surface area contributed by atoms with E-state index >= 15 is 0 Å². The van der Waals surface area contributed by atoms with Gasteiger partial charge < -0.3 is 25.3 Å². The Hall–Kier alpha value is -3.32. The zero-order valence-corrected chi connectivity index (χ0v) is 21.5. The topological polar surface area (TPSA) is 71.9 Å². The highest BCUT2D eigenvalue weighted by Crippen LogP contribution is 2.27. The van der Waals surface area contributed by atoms with Crippen molar-refractivity contribution < 1.29 is 10.2 Å². The van der Waals surface area contributed by atoms with Gasteiger partial charge >= 0.3 is 0 Å². The number of pyridine rings is 1. The molecule has 7 heteroatoms. The molecule has 0 saturated heterocycles. The Kier molecular flexibility index (Phi) is 8.65. The lowest BCUT2D eigenvalue weighted by molar-refractivity contribution is 0.332. The van der Waals surface area contributed by atoms with Gasteiger partial charge in [0.1, 0.15) is 11.5 Å². The number of fused-ring (bicyclic) bond motifs is 1. The van der Waals surface area contributed by atoms with E-state index in [2.05, 4.69) is 34.2 Å². The minimum absolute atomic E-state index is 0.0175. The first kappa shape index (κ1) is 25.8. The molecule has 36 heavy (non-hydrogen) atoms. The number of phenols is 2. The molecule has 3 N–H and O–H groups in total. The van der Waals surface area contributed by atoms with Crippen molar-refractivity contribution in [2.75, 3.05) is 45.2 Å². The molecule has 4 aromatic rings. The number of rotatable bonds is 11. The van der Waals surface area contributed by atoms with Gasteiger partial charge in [0.2, 0.25) is 0 Å². The van der Waals surface area contributed by atoms with Crippen LogP contribution in [0.5, 0.6) is 11.5 Å². The normalized spacial score (nSPS) is 11.5. The highest BCUT2D eigenvalue weighted by Gasteiger charge is 2.14. The number of nitrogens with zero attached hydrogens (tertiary/aromatic N) is 3. The van der Waals surface area contributed by atoms with Gasteiger partial charge in [-0.25, -0.2) is 0 Å². The maximum Gasteiger partial charge on any atom is 0.115 e. The van der Waals surface area contributed by atoms with Crippen LogP contribution in [0.25, 0.3) is 10.9 Å². The van der Waals surface area contributed by atoms with Gasteiger partial charge in [0.05, 0.1) is 11.6 Å². The van der Waals surface area contributed by atoms with Gasteiger partial charge in [-0.1, -0.05) is 35.9 Å². The summed E-state index contributed by atoms with van der Waals surface area (Å²) in [6.07, 6.45) is 2.82. The summed E-state index contributed by atoms with van der Waals surface area (Å²) in [7, 11) is 4.26. The molecule has 0 aliphatic carbocycles. The van der Waals surface area contributed by atoms with Crippen LogP contribution in [0.3, 0.4) is 0 Å². The Balaban J connectivity index is 1.29. The maximum absolute atomic E-state index is 9.68. The molecule has 1 aromatic heterocycles. The monoisotopic (exact) mass is 504 g/mol. The highest BCUT2D eigenvalue weighted by molar-refractivity contribution is 6.31. The zero-order valence-electron chi connectivity index (χ0n) is 20.7. The summed E-state index contributed by atoms with van der Waals surface area (Å²) in [4.78, 5) is 9.05. The Morgan fingerprint density at radius 2 is 1.47 bits per heavy atom. The van der Waals surface area contributed by atoms with E-state index in [1.54, 1.807) is 24.3 Å². The third kappa shape index (κ3) is 6.66. The molecular weight excluding hydrogens is 472 g/mol. The molecule has 188 valence electrons. The maximum atomic E-state index is 9.68. The number of aromatic nitrogens is 1. The standard InChI is InChI=1S/C29H33ClN4O2/c1-33(18-19-34(2)28-14-16-31-27-20-23(30)8-13-26(27)28)17-3-15-32-29(21-4-9-24(35)10-5-21)22-6-11-25(36)12-7-22/h4-14,16,20,29,32,35-36H,3,15,17-19H2,1-2H3. The molecule has 0 atom stereocenters. The molecule has 0 fully saturated rings. The number of hydrogen-bond donors (Lipinski definition) is 3. The quantitative estimate of drug-likeness (QED) is 0.236. The van der Waals surface area contributed by atoms with Gasteiger partial charge in [-0.3, -0.25) is 4.98 Å². The van der Waals surface area contributed by atoms with E-state index < -0.39 is 0 Å². The predicted molar refractivity (Wildman–Crippen MR) is 148 cm³/mol. The minimum atomic E-state index is -0.0175. The predicted octanol–water partition coefficient (Wildman–Crippen LogP) is 5.44. The molecule has 0 aliphatic rings. The summed E-state index contributed by atoms with van der Waals surface area (Å²) in [5.41, 5.74) is 4.19. The highest BCUT2D eigenvalue weighted by atomic mass is 35.5. The van der Waals surface area contributed by atoms with Crippen molar-refractivity contribution in [1.29, 1.82) is 0 Å². The van der Waals surface area contributed by atoms with Gasteiger partial charge in [-0.2, -0.15) is 0 Å². The first-order chi connectivity index (χ1) is 17.4. The Bertz CT molecular complexity index is 1220. The molecule has 0 saturated carbocycles. The Morgan fingerprint density at radius 3 is 2.11 bits per heavy atom. The van der Waals surface area contributed by atoms with Crippen LogP contribution >= 0.6 is 11.6 Å². The van der Waals surface area contributed by atoms with Gasteiger partial charge in [-0.05, 0) is 86.2 Å². The second kappa shape index (κ2) is 12.1. The first-order valence-corrected chi connectivity index (χ1v) is 12.5. The number of halogens is 1. The zero-order chi connectivity index (χ0) is 25.5. The lowest BCUT2D eigenvalue weighted by atomic mass is 9.98. The van der Waals surface area contributed by atoms with Crippen molar-refractivity contribution in [3.63, 3.8) is 0 Å². The summed E-state index contributed by atoms with van der Waals surface area (Å²) < 4.78 is 0. The second-order valence-corrected chi connectivity index (χ2v) is 9.58. The summed E-state index contributed by atoms with van der Waals surface area (Å²) in [5, 5.41) is 24.8. The van der Waals surface area contributed by atoms with E-state index in [0.717, 1.165) is 60.3 Å². The lowest BCUT2D eigenvalue weighted by Gasteiger charge is -2.25. The van der Waals surface area contributed by atoms with E-state index in [-0.39, 0.29) is 17.5 Å². The largest absolute Gasteiger partial charge is 0.508 e. The molecule has 1 heterocycles. The summed E-state index contributed by atoms with van der Waals surface area (Å²) in [5.74, 6) is 0.497. The molecule has 0 radical (unpaired) electrons. The van der Waals surface area contributed by atoms with E-state index in [9.17, 15) is 10.2 Å². The molecule has 6 nitrogen and oxygen atoms in total. The molecule has 0 spiro atoms. The fraction of sp³-hybridized carbons (Fsp3) is 0.276. The first-order valence-electron chi connectivity index (χ1n) is 12.2. The fourth-order valence-electron chi connectivity index (χ4n) is 4.35. The summed E-state index contributed by atoms with van der Waals surface area (Å²) in [6, 6.07) is 22.4. The van der Waals surface area contributed by atoms with Crippen LogP contribution in [-0.2, 0) is 0 Å². The van der Waals surface area contributed by atoms with Crippen LogP contribution in [-0.4, -0.2) is 60.4 Å². The third-order valence-corrected chi connectivity index (χ3v) is 6.66. The number of hydrogen-bond acceptors (Lipinski definition) is 6. The van der Waals surface area contributed by atoms with Crippen LogP contribution in [0, 0.1) is 0 Å². The van der Waals surface area contributed by atoms with Crippen molar-refractivity contribution in [3.8, 4) is 11.5 Å². The van der Waals surface area contributed by atoms with Crippen LogP contribution < -0.4 is 10.2 Å². The molecule has 0 unspecified atom stereocenters. The smallest absolute Gasteiger partial charge is 0.115 e. The molecule has 0 bridgehead atoms. The van der Waals surface area contributed by atoms with Crippen molar-refractivity contribution in [1.82, 2.24) is 15.2 Å². The van der Waals surface area contributed by atoms with E-state index in [0.29, 0.717) is 5.02 Å². The number of likely N-dealkylation sites (N-methyl/N-ethyl adjacent to an activating group) is 2. The van der Waals surface area contributed by atoms with Crippen molar-refractivity contribution in [3.05, 3.63) is 95.1 Å². The Morgan fingerprint density at radius 1 is 0.833 bits per heavy atom. The van der Waals surface area contributed by atoms with Crippen LogP contribution in [0.4, 0.5) is 5.69 Å². The molecule has 3 aromatic carbocycles. The van der Waals surface area contributed by atoms with E-state index in [1.807, 2.05) is 54.7 Å². The molecule has 0 aliphatic heterocycles. The third-order valence-electron chi connectivity index (χ3n) is 6.43. The average molecular weight is 505 g/mol. The van der Waals surface area contributed by atoms with Crippen LogP contribution in [0.2, 0.25) is 5.02 Å². The van der Waals surface area contributed by atoms with E-state index in [4.69, 9.17) is 11.6 Å². The van der Waals surface area contributed by atoms with Gasteiger partial charge in [-0.15, -0.1) is 0 Å². The second-order valence-electron chi connectivity index (χ2n) is 9.14. The fourth-order valence-corrected chi connectivity index (χ4v) is 4.52.